The fourth-order valence-electron chi connectivity index (χ4n) is 2.82. The van der Waals surface area contributed by atoms with Crippen molar-refractivity contribution in [2.45, 2.75) is 58.9 Å². The Morgan fingerprint density at radius 3 is 2.39 bits per heavy atom. The first-order chi connectivity index (χ1) is 8.32. The molecule has 2 rings (SSSR count). The molecule has 1 amide bonds. The van der Waals surface area contributed by atoms with Gasteiger partial charge in [0.05, 0.1) is 0 Å². The minimum Gasteiger partial charge on any atom is -0.310 e. The molecule has 0 saturated carbocycles. The number of amides is 1. The molecule has 2 heteroatoms. The number of benzene rings is 1. The summed E-state index contributed by atoms with van der Waals surface area (Å²) < 4.78 is 0. The van der Waals surface area contributed by atoms with E-state index in [1.807, 2.05) is 4.90 Å². The molecular formula is C16H23NO. The van der Waals surface area contributed by atoms with Gasteiger partial charge in [0.15, 0.2) is 0 Å². The van der Waals surface area contributed by atoms with Gasteiger partial charge in [0.1, 0.15) is 0 Å². The van der Waals surface area contributed by atoms with Gasteiger partial charge in [0.2, 0.25) is 5.91 Å². The number of hydrogen-bond donors (Lipinski definition) is 0. The van der Waals surface area contributed by atoms with Gasteiger partial charge in [-0.15, -0.1) is 0 Å². The van der Waals surface area contributed by atoms with E-state index in [1.165, 1.54) is 11.1 Å². The Morgan fingerprint density at radius 1 is 1.17 bits per heavy atom. The lowest BCUT2D eigenvalue weighted by Crippen LogP contribution is -2.41. The third-order valence-electron chi connectivity index (χ3n) is 3.59. The maximum atomic E-state index is 12.1. The molecule has 1 aliphatic rings. The maximum absolute atomic E-state index is 12.1. The van der Waals surface area contributed by atoms with Gasteiger partial charge in [-0.3, -0.25) is 4.79 Å². The monoisotopic (exact) mass is 245 g/mol. The zero-order valence-electron chi connectivity index (χ0n) is 12.1. The lowest BCUT2D eigenvalue weighted by molar-refractivity contribution is -0.119. The maximum Gasteiger partial charge on any atom is 0.227 e. The molecular weight excluding hydrogens is 222 g/mol. The Balaban J connectivity index is 2.58. The molecule has 0 unspecified atom stereocenters. The second-order valence-electron chi connectivity index (χ2n) is 6.41. The van der Waals surface area contributed by atoms with Crippen molar-refractivity contribution in [2.24, 2.45) is 0 Å². The second-order valence-corrected chi connectivity index (χ2v) is 6.41. The molecule has 0 aromatic heterocycles. The van der Waals surface area contributed by atoms with Crippen molar-refractivity contribution in [1.29, 1.82) is 0 Å². The Kier molecular flexibility index (Phi) is 3.22. The molecule has 0 radical (unpaired) electrons. The van der Waals surface area contributed by atoms with Crippen LogP contribution in [0.15, 0.2) is 18.2 Å². The fraction of sp³-hybridized carbons (Fsp3) is 0.562. The Hall–Kier alpha value is -1.31. The van der Waals surface area contributed by atoms with Crippen molar-refractivity contribution in [3.63, 3.8) is 0 Å². The topological polar surface area (TPSA) is 20.3 Å². The first kappa shape index (κ1) is 13.1. The van der Waals surface area contributed by atoms with Crippen LogP contribution in [0.4, 0.5) is 5.69 Å². The minimum absolute atomic E-state index is 0.133. The van der Waals surface area contributed by atoms with E-state index >= 15 is 0 Å². The van der Waals surface area contributed by atoms with Crippen molar-refractivity contribution in [3.8, 4) is 0 Å². The molecule has 0 N–H and O–H groups in total. The average molecular weight is 245 g/mol. The Bertz CT molecular complexity index is 468. The highest BCUT2D eigenvalue weighted by atomic mass is 16.2. The van der Waals surface area contributed by atoms with E-state index in [1.54, 1.807) is 0 Å². The molecule has 0 atom stereocenters. The number of anilines is 1. The van der Waals surface area contributed by atoms with Crippen molar-refractivity contribution in [1.82, 2.24) is 0 Å². The summed E-state index contributed by atoms with van der Waals surface area (Å²) in [4.78, 5) is 14.0. The van der Waals surface area contributed by atoms with E-state index in [9.17, 15) is 4.79 Å². The first-order valence-corrected chi connectivity index (χ1v) is 6.77. The number of fused-ring (bicyclic) bond motifs is 1. The minimum atomic E-state index is 0.133. The predicted molar refractivity (Wildman–Crippen MR) is 76.1 cm³/mol. The molecule has 1 aromatic rings. The van der Waals surface area contributed by atoms with Crippen LogP contribution in [0.2, 0.25) is 0 Å². The molecule has 1 heterocycles. The second kappa shape index (κ2) is 4.42. The molecule has 0 spiro atoms. The molecule has 1 aliphatic heterocycles. The van der Waals surface area contributed by atoms with Crippen molar-refractivity contribution < 1.29 is 4.79 Å². The highest BCUT2D eigenvalue weighted by Gasteiger charge is 2.30. The first-order valence-electron chi connectivity index (χ1n) is 6.77. The van der Waals surface area contributed by atoms with Gasteiger partial charge < -0.3 is 4.90 Å². The summed E-state index contributed by atoms with van der Waals surface area (Å²) >= 11 is 0. The van der Waals surface area contributed by atoms with E-state index in [0.717, 1.165) is 12.1 Å². The van der Waals surface area contributed by atoms with Gasteiger partial charge in [0, 0.05) is 18.2 Å². The zero-order valence-corrected chi connectivity index (χ0v) is 12.1. The fourth-order valence-corrected chi connectivity index (χ4v) is 2.82. The van der Waals surface area contributed by atoms with Crippen LogP contribution in [0, 0.1) is 0 Å². The van der Waals surface area contributed by atoms with Crippen LogP contribution < -0.4 is 4.90 Å². The van der Waals surface area contributed by atoms with Crippen LogP contribution in [-0.4, -0.2) is 11.9 Å². The third kappa shape index (κ3) is 2.16. The lowest BCUT2D eigenvalue weighted by Gasteiger charge is -2.36. The molecule has 0 fully saturated rings. The third-order valence-corrected chi connectivity index (χ3v) is 3.59. The smallest absolute Gasteiger partial charge is 0.227 e. The van der Waals surface area contributed by atoms with Gasteiger partial charge in [-0.25, -0.2) is 0 Å². The van der Waals surface area contributed by atoms with Gasteiger partial charge in [-0.2, -0.15) is 0 Å². The summed E-state index contributed by atoms with van der Waals surface area (Å²) in [5, 5.41) is 0. The summed E-state index contributed by atoms with van der Waals surface area (Å²) in [5.41, 5.74) is 3.99. The largest absolute Gasteiger partial charge is 0.310 e. The van der Waals surface area contributed by atoms with E-state index in [0.29, 0.717) is 6.42 Å². The summed E-state index contributed by atoms with van der Waals surface area (Å²) in [6.45, 7) is 10.9. The van der Waals surface area contributed by atoms with E-state index in [2.05, 4.69) is 52.8 Å². The molecule has 0 saturated heterocycles. The van der Waals surface area contributed by atoms with Crippen molar-refractivity contribution in [3.05, 3.63) is 29.3 Å². The number of carbonyl (C=O) groups is 1. The molecule has 0 bridgehead atoms. The van der Waals surface area contributed by atoms with Gasteiger partial charge >= 0.3 is 0 Å². The van der Waals surface area contributed by atoms with Crippen LogP contribution >= 0.6 is 0 Å². The number of carbonyl (C=O) groups excluding carboxylic acids is 1. The zero-order chi connectivity index (χ0) is 13.5. The SMILES string of the molecule is CC(C)N1C(=O)CCc2c1cccc2C(C)(C)C. The van der Waals surface area contributed by atoms with Gasteiger partial charge in [-0.05, 0) is 42.9 Å². The quantitative estimate of drug-likeness (QED) is 0.739. The summed E-state index contributed by atoms with van der Waals surface area (Å²) in [6, 6.07) is 6.59. The standard InChI is InChI=1S/C16H23NO/c1-11(2)17-14-8-6-7-13(16(3,4)5)12(14)9-10-15(17)18/h6-8,11H,9-10H2,1-5H3. The van der Waals surface area contributed by atoms with Crippen molar-refractivity contribution in [2.75, 3.05) is 4.90 Å². The van der Waals surface area contributed by atoms with Crippen LogP contribution in [0.25, 0.3) is 0 Å². The summed E-state index contributed by atoms with van der Waals surface area (Å²) in [7, 11) is 0. The highest BCUT2D eigenvalue weighted by Crippen LogP contribution is 2.36. The van der Waals surface area contributed by atoms with Crippen molar-refractivity contribution >= 4 is 11.6 Å². The molecule has 98 valence electrons. The number of hydrogen-bond acceptors (Lipinski definition) is 1. The van der Waals surface area contributed by atoms with Crippen LogP contribution in [0.3, 0.4) is 0 Å². The van der Waals surface area contributed by atoms with Crippen LogP contribution in [-0.2, 0) is 16.6 Å². The predicted octanol–water partition coefficient (Wildman–Crippen LogP) is 3.67. The summed E-state index contributed by atoms with van der Waals surface area (Å²) in [5.74, 6) is 0.253. The highest BCUT2D eigenvalue weighted by molar-refractivity contribution is 5.97. The lowest BCUT2D eigenvalue weighted by atomic mass is 9.80. The summed E-state index contributed by atoms with van der Waals surface area (Å²) in [6.07, 6.45) is 1.52. The van der Waals surface area contributed by atoms with Crippen LogP contribution in [0.5, 0.6) is 0 Å². The molecule has 1 aromatic carbocycles. The molecule has 2 nitrogen and oxygen atoms in total. The average Bonchev–Trinajstić information content (AvgIpc) is 2.25. The van der Waals surface area contributed by atoms with E-state index in [4.69, 9.17) is 0 Å². The van der Waals surface area contributed by atoms with E-state index < -0.39 is 0 Å². The normalized spacial score (nSPS) is 16.1. The Labute approximate surface area is 110 Å². The van der Waals surface area contributed by atoms with Gasteiger partial charge in [0.25, 0.3) is 0 Å². The van der Waals surface area contributed by atoms with E-state index in [-0.39, 0.29) is 17.4 Å². The number of nitrogens with zero attached hydrogens (tertiary/aromatic N) is 1. The van der Waals surface area contributed by atoms with Gasteiger partial charge in [-0.1, -0.05) is 32.9 Å². The molecule has 0 aliphatic carbocycles. The number of rotatable bonds is 1. The molecule has 18 heavy (non-hydrogen) atoms. The Morgan fingerprint density at radius 2 is 1.83 bits per heavy atom. The van der Waals surface area contributed by atoms with Crippen LogP contribution in [0.1, 0.15) is 52.2 Å².